The van der Waals surface area contributed by atoms with Crippen LogP contribution in [0.4, 0.5) is 0 Å². The molecule has 3 heteroatoms. The number of amides is 1. The molecular formula is C17H24N2O. The van der Waals surface area contributed by atoms with E-state index in [1.54, 1.807) is 0 Å². The third-order valence-corrected chi connectivity index (χ3v) is 4.77. The highest BCUT2D eigenvalue weighted by Gasteiger charge is 2.43. The first kappa shape index (κ1) is 13.6. The Morgan fingerprint density at radius 3 is 2.60 bits per heavy atom. The topological polar surface area (TPSA) is 32.3 Å². The van der Waals surface area contributed by atoms with Crippen molar-refractivity contribution in [2.24, 2.45) is 5.92 Å². The first-order chi connectivity index (χ1) is 9.70. The minimum absolute atomic E-state index is 0.0175. The molecule has 1 aliphatic carbocycles. The Balaban J connectivity index is 1.88. The Labute approximate surface area is 121 Å². The third kappa shape index (κ3) is 2.35. The summed E-state index contributed by atoms with van der Waals surface area (Å²) in [5, 5.41) is 3.52. The van der Waals surface area contributed by atoms with Gasteiger partial charge in [-0.25, -0.2) is 0 Å². The Bertz CT molecular complexity index is 473. The van der Waals surface area contributed by atoms with Crippen molar-refractivity contribution in [1.82, 2.24) is 10.2 Å². The van der Waals surface area contributed by atoms with Gasteiger partial charge in [0.2, 0.25) is 5.91 Å². The van der Waals surface area contributed by atoms with E-state index in [9.17, 15) is 4.79 Å². The summed E-state index contributed by atoms with van der Waals surface area (Å²) in [5.74, 6) is 1.03. The number of nitrogens with zero attached hydrogens (tertiary/aromatic N) is 1. The lowest BCUT2D eigenvalue weighted by Gasteiger charge is -2.30. The van der Waals surface area contributed by atoms with Crippen molar-refractivity contribution in [1.29, 1.82) is 0 Å². The van der Waals surface area contributed by atoms with E-state index in [4.69, 9.17) is 0 Å². The molecule has 0 radical (unpaired) electrons. The molecule has 1 aromatic rings. The van der Waals surface area contributed by atoms with Gasteiger partial charge in [0, 0.05) is 6.04 Å². The standard InChI is InChI=1S/C17H24N2O/c1-3-15-17(20)19(14-10-9-12(2)11-14)16(18-15)13-7-5-4-6-8-13/h4-8,12,14-16,18H,3,9-11H2,1-2H3. The van der Waals surface area contributed by atoms with E-state index in [2.05, 4.69) is 48.3 Å². The molecule has 0 aromatic heterocycles. The molecule has 108 valence electrons. The van der Waals surface area contributed by atoms with E-state index in [1.807, 2.05) is 6.07 Å². The molecule has 1 N–H and O–H groups in total. The zero-order valence-electron chi connectivity index (χ0n) is 12.4. The van der Waals surface area contributed by atoms with E-state index in [-0.39, 0.29) is 12.2 Å². The van der Waals surface area contributed by atoms with Gasteiger partial charge in [0.05, 0.1) is 6.04 Å². The van der Waals surface area contributed by atoms with Gasteiger partial charge in [-0.05, 0) is 37.2 Å². The van der Waals surface area contributed by atoms with Gasteiger partial charge in [0.25, 0.3) is 0 Å². The van der Waals surface area contributed by atoms with E-state index in [0.717, 1.165) is 25.2 Å². The van der Waals surface area contributed by atoms with Gasteiger partial charge in [0.15, 0.2) is 0 Å². The van der Waals surface area contributed by atoms with Crippen LogP contribution < -0.4 is 5.32 Å². The molecule has 2 fully saturated rings. The van der Waals surface area contributed by atoms with Crippen LogP contribution >= 0.6 is 0 Å². The lowest BCUT2D eigenvalue weighted by Crippen LogP contribution is -2.38. The van der Waals surface area contributed by atoms with Crippen LogP contribution in [-0.2, 0) is 4.79 Å². The number of nitrogens with one attached hydrogen (secondary N) is 1. The van der Waals surface area contributed by atoms with E-state index >= 15 is 0 Å². The van der Waals surface area contributed by atoms with Crippen LogP contribution in [0, 0.1) is 5.92 Å². The average molecular weight is 272 g/mol. The molecule has 20 heavy (non-hydrogen) atoms. The molecular weight excluding hydrogens is 248 g/mol. The number of hydrogen-bond donors (Lipinski definition) is 1. The van der Waals surface area contributed by atoms with E-state index in [0.29, 0.717) is 11.9 Å². The molecule has 4 unspecified atom stereocenters. The maximum atomic E-state index is 12.7. The summed E-state index contributed by atoms with van der Waals surface area (Å²) in [7, 11) is 0. The molecule has 0 bridgehead atoms. The predicted octanol–water partition coefficient (Wildman–Crippen LogP) is 3.08. The van der Waals surface area contributed by atoms with E-state index < -0.39 is 0 Å². The van der Waals surface area contributed by atoms with Crippen LogP contribution in [0.2, 0.25) is 0 Å². The number of carbonyl (C=O) groups is 1. The fraction of sp³-hybridized carbons (Fsp3) is 0.588. The normalized spacial score (nSPS) is 33.9. The number of benzene rings is 1. The van der Waals surface area contributed by atoms with Gasteiger partial charge in [-0.1, -0.05) is 44.2 Å². The number of rotatable bonds is 3. The highest BCUT2D eigenvalue weighted by atomic mass is 16.2. The van der Waals surface area contributed by atoms with Gasteiger partial charge in [-0.15, -0.1) is 0 Å². The van der Waals surface area contributed by atoms with Crippen molar-refractivity contribution in [3.05, 3.63) is 35.9 Å². The summed E-state index contributed by atoms with van der Waals surface area (Å²) in [5.41, 5.74) is 1.20. The van der Waals surface area contributed by atoms with Crippen LogP contribution in [0.5, 0.6) is 0 Å². The minimum atomic E-state index is -0.0175. The lowest BCUT2D eigenvalue weighted by atomic mass is 10.1. The second-order valence-corrected chi connectivity index (χ2v) is 6.26. The highest BCUT2D eigenvalue weighted by Crippen LogP contribution is 2.36. The van der Waals surface area contributed by atoms with Crippen LogP contribution in [-0.4, -0.2) is 22.9 Å². The molecule has 1 amide bonds. The van der Waals surface area contributed by atoms with E-state index in [1.165, 1.54) is 12.0 Å². The molecule has 1 aliphatic heterocycles. The predicted molar refractivity (Wildman–Crippen MR) is 80.0 cm³/mol. The Hall–Kier alpha value is -1.35. The maximum Gasteiger partial charge on any atom is 0.241 e. The molecule has 4 atom stereocenters. The highest BCUT2D eigenvalue weighted by molar-refractivity contribution is 5.84. The van der Waals surface area contributed by atoms with Crippen molar-refractivity contribution in [2.75, 3.05) is 0 Å². The first-order valence-electron chi connectivity index (χ1n) is 7.84. The van der Waals surface area contributed by atoms with Gasteiger partial charge >= 0.3 is 0 Å². The molecule has 1 heterocycles. The van der Waals surface area contributed by atoms with Crippen LogP contribution in [0.25, 0.3) is 0 Å². The largest absolute Gasteiger partial charge is 0.319 e. The summed E-state index contributed by atoms with van der Waals surface area (Å²) in [6.07, 6.45) is 4.46. The van der Waals surface area contributed by atoms with Crippen molar-refractivity contribution in [2.45, 2.75) is 57.8 Å². The minimum Gasteiger partial charge on any atom is -0.319 e. The lowest BCUT2D eigenvalue weighted by molar-refractivity contribution is -0.132. The molecule has 2 aliphatic rings. The summed E-state index contributed by atoms with van der Waals surface area (Å²) in [4.78, 5) is 14.8. The first-order valence-corrected chi connectivity index (χ1v) is 7.84. The van der Waals surface area contributed by atoms with Crippen molar-refractivity contribution < 1.29 is 4.79 Å². The SMILES string of the molecule is CCC1NC(c2ccccc2)N(C2CCC(C)C2)C1=O. The monoisotopic (exact) mass is 272 g/mol. The van der Waals surface area contributed by atoms with Crippen molar-refractivity contribution >= 4 is 5.91 Å². The van der Waals surface area contributed by atoms with Gasteiger partial charge in [0.1, 0.15) is 6.17 Å². The number of hydrogen-bond acceptors (Lipinski definition) is 2. The van der Waals surface area contributed by atoms with Crippen LogP contribution in [0.1, 0.15) is 51.3 Å². The summed E-state index contributed by atoms with van der Waals surface area (Å²) in [6, 6.07) is 10.8. The average Bonchev–Trinajstić information content (AvgIpc) is 3.03. The van der Waals surface area contributed by atoms with Gasteiger partial charge in [-0.2, -0.15) is 0 Å². The molecule has 1 saturated heterocycles. The van der Waals surface area contributed by atoms with Crippen molar-refractivity contribution in [3.8, 4) is 0 Å². The second-order valence-electron chi connectivity index (χ2n) is 6.26. The maximum absolute atomic E-state index is 12.7. The third-order valence-electron chi connectivity index (χ3n) is 4.77. The zero-order valence-corrected chi connectivity index (χ0v) is 12.4. The number of carbonyl (C=O) groups excluding carboxylic acids is 1. The smallest absolute Gasteiger partial charge is 0.241 e. The fourth-order valence-electron chi connectivity index (χ4n) is 3.65. The Morgan fingerprint density at radius 1 is 1.25 bits per heavy atom. The van der Waals surface area contributed by atoms with Crippen molar-refractivity contribution in [3.63, 3.8) is 0 Å². The Morgan fingerprint density at radius 2 is 2.00 bits per heavy atom. The summed E-state index contributed by atoms with van der Waals surface area (Å²) < 4.78 is 0. The Kier molecular flexibility index (Phi) is 3.79. The molecule has 1 aromatic carbocycles. The van der Waals surface area contributed by atoms with Gasteiger partial charge < -0.3 is 4.90 Å². The zero-order chi connectivity index (χ0) is 14.1. The molecule has 3 nitrogen and oxygen atoms in total. The molecule has 3 rings (SSSR count). The fourth-order valence-corrected chi connectivity index (χ4v) is 3.65. The van der Waals surface area contributed by atoms with Crippen LogP contribution in [0.15, 0.2) is 30.3 Å². The van der Waals surface area contributed by atoms with Gasteiger partial charge in [-0.3, -0.25) is 10.1 Å². The van der Waals surface area contributed by atoms with Crippen LogP contribution in [0.3, 0.4) is 0 Å². The molecule has 0 spiro atoms. The summed E-state index contributed by atoms with van der Waals surface area (Å²) >= 11 is 0. The summed E-state index contributed by atoms with van der Waals surface area (Å²) in [6.45, 7) is 4.38. The quantitative estimate of drug-likeness (QED) is 0.917. The molecule has 1 saturated carbocycles. The second kappa shape index (κ2) is 5.57.